The molecule has 1 heterocycles. The predicted octanol–water partition coefficient (Wildman–Crippen LogP) is 5.52. The molecule has 0 saturated carbocycles. The van der Waals surface area contributed by atoms with E-state index in [0.29, 0.717) is 12.0 Å². The molecule has 0 amide bonds. The molecule has 2 unspecified atom stereocenters. The van der Waals surface area contributed by atoms with Crippen molar-refractivity contribution in [3.63, 3.8) is 0 Å². The van der Waals surface area contributed by atoms with Crippen LogP contribution in [0.5, 0.6) is 0 Å². The molecule has 2 atom stereocenters. The van der Waals surface area contributed by atoms with E-state index in [4.69, 9.17) is 0 Å². The number of rotatable bonds is 7. The second-order valence-electron chi connectivity index (χ2n) is 5.59. The Bertz CT molecular complexity index is 549. The average Bonchev–Trinajstić information content (AvgIpc) is 2.85. The molecular weight excluding hydrogens is 269 g/mol. The van der Waals surface area contributed by atoms with E-state index in [9.17, 15) is 4.39 Å². The monoisotopic (exact) mass is 293 g/mol. The fraction of sp³-hybridized carbons (Fsp3) is 0.529. The molecule has 0 aliphatic heterocycles. The Morgan fingerprint density at radius 2 is 2.05 bits per heavy atom. The van der Waals surface area contributed by atoms with Crippen LogP contribution < -0.4 is 5.32 Å². The van der Waals surface area contributed by atoms with Gasteiger partial charge >= 0.3 is 0 Å². The average molecular weight is 293 g/mol. The summed E-state index contributed by atoms with van der Waals surface area (Å²) in [7, 11) is 0. The number of hydrogen-bond donors (Lipinski definition) is 1. The van der Waals surface area contributed by atoms with Gasteiger partial charge in [-0.3, -0.25) is 0 Å². The van der Waals surface area contributed by atoms with Crippen LogP contribution in [-0.4, -0.2) is 6.54 Å². The molecule has 3 heteroatoms. The first-order valence-electron chi connectivity index (χ1n) is 7.56. The number of nitrogens with one attached hydrogen (secondary N) is 1. The summed E-state index contributed by atoms with van der Waals surface area (Å²) >= 11 is 1.79. The number of halogens is 1. The lowest BCUT2D eigenvalue weighted by molar-refractivity contribution is 0.406. The fourth-order valence-corrected chi connectivity index (χ4v) is 3.53. The predicted molar refractivity (Wildman–Crippen MR) is 86.9 cm³/mol. The molecule has 0 radical (unpaired) electrons. The van der Waals surface area contributed by atoms with E-state index in [1.54, 1.807) is 23.5 Å². The first-order valence-corrected chi connectivity index (χ1v) is 8.38. The topological polar surface area (TPSA) is 12.0 Å². The maximum atomic E-state index is 13.3. The zero-order chi connectivity index (χ0) is 14.5. The van der Waals surface area contributed by atoms with Crippen LogP contribution >= 0.6 is 11.3 Å². The number of fused-ring (bicyclic) bond motifs is 1. The van der Waals surface area contributed by atoms with Crippen LogP contribution in [-0.2, 0) is 0 Å². The third kappa shape index (κ3) is 3.80. The van der Waals surface area contributed by atoms with Gasteiger partial charge in [0.15, 0.2) is 0 Å². The lowest BCUT2D eigenvalue weighted by Crippen LogP contribution is -2.23. The van der Waals surface area contributed by atoms with Crippen LogP contribution in [0.1, 0.15) is 51.0 Å². The van der Waals surface area contributed by atoms with Gasteiger partial charge < -0.3 is 5.32 Å². The molecule has 1 aromatic heterocycles. The van der Waals surface area contributed by atoms with Crippen molar-refractivity contribution < 1.29 is 4.39 Å². The van der Waals surface area contributed by atoms with Crippen molar-refractivity contribution in [2.75, 3.05) is 6.54 Å². The van der Waals surface area contributed by atoms with Gasteiger partial charge in [-0.25, -0.2) is 4.39 Å². The Labute approximate surface area is 125 Å². The Kier molecular flexibility index (Phi) is 5.55. The summed E-state index contributed by atoms with van der Waals surface area (Å²) in [4.78, 5) is 1.33. The Morgan fingerprint density at radius 1 is 1.25 bits per heavy atom. The fourth-order valence-electron chi connectivity index (χ4n) is 2.39. The maximum Gasteiger partial charge on any atom is 0.123 e. The summed E-state index contributed by atoms with van der Waals surface area (Å²) in [5.74, 6) is 0.549. The lowest BCUT2D eigenvalue weighted by Gasteiger charge is -2.20. The van der Waals surface area contributed by atoms with Gasteiger partial charge in [-0.05, 0) is 55.0 Å². The Balaban J connectivity index is 2.24. The number of hydrogen-bond acceptors (Lipinski definition) is 2. The quantitative estimate of drug-likeness (QED) is 0.709. The minimum atomic E-state index is -0.151. The van der Waals surface area contributed by atoms with Crippen molar-refractivity contribution in [1.82, 2.24) is 5.32 Å². The van der Waals surface area contributed by atoms with E-state index in [-0.39, 0.29) is 5.82 Å². The largest absolute Gasteiger partial charge is 0.309 e. The van der Waals surface area contributed by atoms with E-state index in [1.807, 2.05) is 6.07 Å². The number of benzene rings is 1. The standard InChI is InChI=1S/C17H24FNS/c1-4-8-19-15(9-12(3)5-2)17-11-13-10-14(18)6-7-16(13)20-17/h6-7,10-12,15,19H,4-5,8-9H2,1-3H3. The summed E-state index contributed by atoms with van der Waals surface area (Å²) in [6.07, 6.45) is 3.48. The van der Waals surface area contributed by atoms with Gasteiger partial charge in [0, 0.05) is 15.6 Å². The van der Waals surface area contributed by atoms with Gasteiger partial charge in [0.25, 0.3) is 0 Å². The Hall–Kier alpha value is -0.930. The van der Waals surface area contributed by atoms with Gasteiger partial charge in [-0.15, -0.1) is 11.3 Å². The summed E-state index contributed by atoms with van der Waals surface area (Å²) in [6.45, 7) is 7.76. The molecule has 0 aliphatic rings. The molecular formula is C17H24FNS. The molecule has 2 aromatic rings. The van der Waals surface area contributed by atoms with E-state index < -0.39 is 0 Å². The second-order valence-corrected chi connectivity index (χ2v) is 6.70. The van der Waals surface area contributed by atoms with Gasteiger partial charge in [0.2, 0.25) is 0 Å². The summed E-state index contributed by atoms with van der Waals surface area (Å²) < 4.78 is 14.5. The van der Waals surface area contributed by atoms with Crippen LogP contribution in [0.15, 0.2) is 24.3 Å². The highest BCUT2D eigenvalue weighted by molar-refractivity contribution is 7.19. The van der Waals surface area contributed by atoms with E-state index in [0.717, 1.165) is 24.8 Å². The van der Waals surface area contributed by atoms with Crippen molar-refractivity contribution in [2.45, 2.75) is 46.1 Å². The molecule has 110 valence electrons. The molecule has 0 aliphatic carbocycles. The normalized spacial score (nSPS) is 14.6. The van der Waals surface area contributed by atoms with Gasteiger partial charge in [-0.1, -0.05) is 27.2 Å². The second kappa shape index (κ2) is 7.19. The van der Waals surface area contributed by atoms with Crippen molar-refractivity contribution in [3.8, 4) is 0 Å². The third-order valence-electron chi connectivity index (χ3n) is 3.82. The van der Waals surface area contributed by atoms with Crippen molar-refractivity contribution in [3.05, 3.63) is 35.0 Å². The number of thiophene rings is 1. The smallest absolute Gasteiger partial charge is 0.123 e. The van der Waals surface area contributed by atoms with Gasteiger partial charge in [-0.2, -0.15) is 0 Å². The van der Waals surface area contributed by atoms with Crippen LogP contribution in [0, 0.1) is 11.7 Å². The van der Waals surface area contributed by atoms with Crippen LogP contribution in [0.2, 0.25) is 0 Å². The van der Waals surface area contributed by atoms with Gasteiger partial charge in [0.05, 0.1) is 0 Å². The molecule has 1 N–H and O–H groups in total. The molecule has 2 rings (SSSR count). The van der Waals surface area contributed by atoms with Crippen LogP contribution in [0.4, 0.5) is 4.39 Å². The summed E-state index contributed by atoms with van der Waals surface area (Å²) in [5.41, 5.74) is 0. The maximum absolute atomic E-state index is 13.3. The highest BCUT2D eigenvalue weighted by Gasteiger charge is 2.16. The van der Waals surface area contributed by atoms with Crippen molar-refractivity contribution in [2.24, 2.45) is 5.92 Å². The van der Waals surface area contributed by atoms with E-state index in [2.05, 4.69) is 32.2 Å². The SMILES string of the molecule is CCCNC(CC(C)CC)c1cc2cc(F)ccc2s1. The molecule has 0 spiro atoms. The molecule has 0 bridgehead atoms. The Morgan fingerprint density at radius 3 is 2.75 bits per heavy atom. The first-order chi connectivity index (χ1) is 9.63. The van der Waals surface area contributed by atoms with Crippen LogP contribution in [0.25, 0.3) is 10.1 Å². The molecule has 20 heavy (non-hydrogen) atoms. The zero-order valence-corrected chi connectivity index (χ0v) is 13.4. The highest BCUT2D eigenvalue weighted by atomic mass is 32.1. The van der Waals surface area contributed by atoms with E-state index >= 15 is 0 Å². The molecule has 1 nitrogen and oxygen atoms in total. The summed E-state index contributed by atoms with van der Waals surface area (Å²) in [6, 6.07) is 7.62. The van der Waals surface area contributed by atoms with Crippen LogP contribution in [0.3, 0.4) is 0 Å². The highest BCUT2D eigenvalue weighted by Crippen LogP contribution is 2.33. The zero-order valence-electron chi connectivity index (χ0n) is 12.6. The minimum Gasteiger partial charge on any atom is -0.309 e. The minimum absolute atomic E-state index is 0.151. The van der Waals surface area contributed by atoms with Gasteiger partial charge in [0.1, 0.15) is 5.82 Å². The van der Waals surface area contributed by atoms with Crippen molar-refractivity contribution >= 4 is 21.4 Å². The lowest BCUT2D eigenvalue weighted by atomic mass is 9.98. The summed E-state index contributed by atoms with van der Waals surface area (Å²) in [5, 5.41) is 4.67. The van der Waals surface area contributed by atoms with E-state index in [1.165, 1.54) is 16.0 Å². The molecule has 1 aromatic carbocycles. The molecule has 0 fully saturated rings. The first kappa shape index (κ1) is 15.5. The van der Waals surface area contributed by atoms with Crippen molar-refractivity contribution in [1.29, 1.82) is 0 Å². The molecule has 0 saturated heterocycles. The third-order valence-corrected chi connectivity index (χ3v) is 5.05.